The molecular formula is C26H41N3O3. The van der Waals surface area contributed by atoms with Crippen molar-refractivity contribution in [2.45, 2.75) is 96.6 Å². The zero-order valence-electron chi connectivity index (χ0n) is 19.8. The molecule has 0 unspecified atom stereocenters. The summed E-state index contributed by atoms with van der Waals surface area (Å²) in [5, 5.41) is 16.6. The number of carbonyl (C=O) groups excluding carboxylic acids is 2. The predicted octanol–water partition coefficient (Wildman–Crippen LogP) is 4.61. The fraction of sp³-hybridized carbons (Fsp3) is 0.615. The molecule has 0 spiro atoms. The van der Waals surface area contributed by atoms with E-state index < -0.39 is 12.1 Å². The summed E-state index contributed by atoms with van der Waals surface area (Å²) in [7, 11) is 0. The van der Waals surface area contributed by atoms with Gasteiger partial charge in [-0.25, -0.2) is 0 Å². The minimum atomic E-state index is -0.963. The third kappa shape index (κ3) is 9.03. The van der Waals surface area contributed by atoms with Crippen molar-refractivity contribution in [1.29, 1.82) is 0 Å². The van der Waals surface area contributed by atoms with Crippen LogP contribution in [0.4, 0.5) is 0 Å². The van der Waals surface area contributed by atoms with E-state index in [0.29, 0.717) is 6.54 Å². The van der Waals surface area contributed by atoms with Crippen LogP contribution in [0.1, 0.15) is 83.6 Å². The van der Waals surface area contributed by atoms with Crippen LogP contribution >= 0.6 is 0 Å². The highest BCUT2D eigenvalue weighted by atomic mass is 16.3. The molecule has 4 N–H and O–H groups in total. The predicted molar refractivity (Wildman–Crippen MR) is 130 cm³/mol. The van der Waals surface area contributed by atoms with Crippen molar-refractivity contribution in [2.75, 3.05) is 6.54 Å². The summed E-state index contributed by atoms with van der Waals surface area (Å²) >= 11 is 0. The number of nitrogens with one attached hydrogen (secondary N) is 3. The van der Waals surface area contributed by atoms with Gasteiger partial charge in [-0.2, -0.15) is 0 Å². The second kappa shape index (κ2) is 14.7. The standard InChI is InChI=1S/C26H41N3O3/c1-3-4-5-6-7-8-9-10-11-14-17-27-26(32)25(20(2)30)29-24(31)18-21-19-28-23-16-13-12-15-22(21)23/h12-13,15-16,19-20,25,28,30H,3-11,14,17-18H2,1-2H3,(H,27,32)(H,29,31)/t20-,25+/m1/s1. The van der Waals surface area contributed by atoms with E-state index in [0.717, 1.165) is 29.3 Å². The van der Waals surface area contributed by atoms with Gasteiger partial charge in [0.25, 0.3) is 0 Å². The number of fused-ring (bicyclic) bond motifs is 1. The molecule has 0 aliphatic carbocycles. The van der Waals surface area contributed by atoms with Gasteiger partial charge in [0.2, 0.25) is 11.8 Å². The number of carbonyl (C=O) groups is 2. The SMILES string of the molecule is CCCCCCCCCCCCNC(=O)[C@@H](NC(=O)Cc1c[nH]c2ccccc12)[C@@H](C)O. The molecule has 2 atom stereocenters. The van der Waals surface area contributed by atoms with Crippen LogP contribution in [-0.4, -0.2) is 40.6 Å². The number of rotatable bonds is 16. The molecule has 32 heavy (non-hydrogen) atoms. The summed E-state index contributed by atoms with van der Waals surface area (Å²) in [5.74, 6) is -0.613. The number of para-hydroxylation sites is 1. The first-order valence-electron chi connectivity index (χ1n) is 12.3. The number of aliphatic hydroxyl groups excluding tert-OH is 1. The maximum atomic E-state index is 12.5. The molecule has 2 amide bonds. The Morgan fingerprint density at radius 2 is 1.59 bits per heavy atom. The zero-order chi connectivity index (χ0) is 23.2. The summed E-state index contributed by atoms with van der Waals surface area (Å²) in [6, 6.07) is 6.83. The topological polar surface area (TPSA) is 94.2 Å². The molecule has 0 saturated heterocycles. The van der Waals surface area contributed by atoms with Crippen LogP contribution in [0.15, 0.2) is 30.5 Å². The number of H-pyrrole nitrogens is 1. The molecule has 6 heteroatoms. The molecule has 2 rings (SSSR count). The maximum absolute atomic E-state index is 12.5. The number of aromatic nitrogens is 1. The van der Waals surface area contributed by atoms with E-state index in [2.05, 4.69) is 22.5 Å². The lowest BCUT2D eigenvalue weighted by Gasteiger charge is -2.21. The lowest BCUT2D eigenvalue weighted by Crippen LogP contribution is -2.52. The van der Waals surface area contributed by atoms with Crippen molar-refractivity contribution < 1.29 is 14.7 Å². The third-order valence-electron chi connectivity index (χ3n) is 5.94. The fourth-order valence-corrected chi connectivity index (χ4v) is 4.01. The smallest absolute Gasteiger partial charge is 0.245 e. The zero-order valence-corrected chi connectivity index (χ0v) is 19.8. The molecule has 0 aliphatic heterocycles. The van der Waals surface area contributed by atoms with E-state index in [1.807, 2.05) is 30.5 Å². The summed E-state index contributed by atoms with van der Waals surface area (Å²) < 4.78 is 0. The minimum Gasteiger partial charge on any atom is -0.391 e. The summed E-state index contributed by atoms with van der Waals surface area (Å²) in [6.07, 6.45) is 13.4. The summed E-state index contributed by atoms with van der Waals surface area (Å²) in [4.78, 5) is 28.2. The van der Waals surface area contributed by atoms with Gasteiger partial charge < -0.3 is 20.7 Å². The van der Waals surface area contributed by atoms with Gasteiger partial charge in [0, 0.05) is 23.6 Å². The van der Waals surface area contributed by atoms with Crippen LogP contribution in [0.3, 0.4) is 0 Å². The number of aliphatic hydroxyl groups is 1. The molecule has 0 aliphatic rings. The van der Waals surface area contributed by atoms with Gasteiger partial charge in [0.1, 0.15) is 6.04 Å². The average molecular weight is 444 g/mol. The van der Waals surface area contributed by atoms with E-state index in [4.69, 9.17) is 0 Å². The van der Waals surface area contributed by atoms with Crippen LogP contribution in [-0.2, 0) is 16.0 Å². The number of unbranched alkanes of at least 4 members (excludes halogenated alkanes) is 9. The maximum Gasteiger partial charge on any atom is 0.245 e. The first-order chi connectivity index (χ1) is 15.5. The van der Waals surface area contributed by atoms with Crippen LogP contribution in [0.5, 0.6) is 0 Å². The van der Waals surface area contributed by atoms with E-state index >= 15 is 0 Å². The van der Waals surface area contributed by atoms with Gasteiger partial charge in [0.15, 0.2) is 0 Å². The Morgan fingerprint density at radius 1 is 0.969 bits per heavy atom. The molecule has 1 heterocycles. The van der Waals surface area contributed by atoms with Crippen molar-refractivity contribution in [3.8, 4) is 0 Å². The molecule has 0 radical (unpaired) electrons. The Balaban J connectivity index is 1.65. The molecule has 2 aromatic rings. The Morgan fingerprint density at radius 3 is 2.25 bits per heavy atom. The van der Waals surface area contributed by atoms with Gasteiger partial charge >= 0.3 is 0 Å². The summed E-state index contributed by atoms with van der Waals surface area (Å²) in [6.45, 7) is 4.33. The second-order valence-corrected chi connectivity index (χ2v) is 8.80. The largest absolute Gasteiger partial charge is 0.391 e. The second-order valence-electron chi connectivity index (χ2n) is 8.80. The lowest BCUT2D eigenvalue weighted by molar-refractivity contribution is -0.131. The van der Waals surface area contributed by atoms with Gasteiger partial charge in [-0.05, 0) is 25.0 Å². The molecule has 6 nitrogen and oxygen atoms in total. The van der Waals surface area contributed by atoms with E-state index in [1.165, 1.54) is 58.3 Å². The number of benzene rings is 1. The number of hydrogen-bond acceptors (Lipinski definition) is 3. The van der Waals surface area contributed by atoms with Crippen molar-refractivity contribution >= 4 is 22.7 Å². The first-order valence-corrected chi connectivity index (χ1v) is 12.3. The Bertz CT molecular complexity index is 816. The monoisotopic (exact) mass is 443 g/mol. The van der Waals surface area contributed by atoms with E-state index in [1.54, 1.807) is 0 Å². The number of hydrogen-bond donors (Lipinski definition) is 4. The highest BCUT2D eigenvalue weighted by Crippen LogP contribution is 2.18. The quantitative estimate of drug-likeness (QED) is 0.285. The van der Waals surface area contributed by atoms with Crippen LogP contribution in [0, 0.1) is 0 Å². The molecule has 0 bridgehead atoms. The van der Waals surface area contributed by atoms with Gasteiger partial charge in [-0.3, -0.25) is 9.59 Å². The van der Waals surface area contributed by atoms with Crippen molar-refractivity contribution in [1.82, 2.24) is 15.6 Å². The third-order valence-corrected chi connectivity index (χ3v) is 5.94. The van der Waals surface area contributed by atoms with E-state index in [-0.39, 0.29) is 18.2 Å². The normalized spacial score (nSPS) is 13.1. The van der Waals surface area contributed by atoms with Gasteiger partial charge in [-0.1, -0.05) is 82.9 Å². The summed E-state index contributed by atoms with van der Waals surface area (Å²) in [5.41, 5.74) is 1.84. The molecular weight excluding hydrogens is 402 g/mol. The number of aromatic amines is 1. The minimum absolute atomic E-state index is 0.152. The van der Waals surface area contributed by atoms with Crippen molar-refractivity contribution in [3.63, 3.8) is 0 Å². The molecule has 0 saturated carbocycles. The fourth-order valence-electron chi connectivity index (χ4n) is 4.01. The Kier molecular flexibility index (Phi) is 11.9. The Labute approximate surface area is 192 Å². The highest BCUT2D eigenvalue weighted by molar-refractivity contribution is 5.92. The number of amides is 2. The average Bonchev–Trinajstić information content (AvgIpc) is 3.18. The highest BCUT2D eigenvalue weighted by Gasteiger charge is 2.25. The van der Waals surface area contributed by atoms with Crippen LogP contribution < -0.4 is 10.6 Å². The Hall–Kier alpha value is -2.34. The van der Waals surface area contributed by atoms with Gasteiger partial charge in [0.05, 0.1) is 12.5 Å². The van der Waals surface area contributed by atoms with Crippen LogP contribution in [0.2, 0.25) is 0 Å². The molecule has 1 aromatic carbocycles. The molecule has 0 fully saturated rings. The lowest BCUT2D eigenvalue weighted by atomic mass is 10.1. The van der Waals surface area contributed by atoms with E-state index in [9.17, 15) is 14.7 Å². The van der Waals surface area contributed by atoms with Gasteiger partial charge in [-0.15, -0.1) is 0 Å². The van der Waals surface area contributed by atoms with Crippen molar-refractivity contribution in [3.05, 3.63) is 36.0 Å². The van der Waals surface area contributed by atoms with Crippen molar-refractivity contribution in [2.24, 2.45) is 0 Å². The molecule has 1 aromatic heterocycles. The first kappa shape index (κ1) is 25.9. The molecule has 178 valence electrons. The van der Waals surface area contributed by atoms with Crippen LogP contribution in [0.25, 0.3) is 10.9 Å².